The van der Waals surface area contributed by atoms with Crippen molar-refractivity contribution in [3.63, 3.8) is 0 Å². The number of ether oxygens (including phenoxy) is 3. The summed E-state index contributed by atoms with van der Waals surface area (Å²) in [5.41, 5.74) is 2.82. The number of para-hydroxylation sites is 1. The van der Waals surface area contributed by atoms with E-state index in [1.54, 1.807) is 14.2 Å². The maximum atomic E-state index is 12.3. The van der Waals surface area contributed by atoms with Gasteiger partial charge in [0.25, 0.3) is 0 Å². The van der Waals surface area contributed by atoms with E-state index in [0.29, 0.717) is 22.8 Å². The summed E-state index contributed by atoms with van der Waals surface area (Å²) < 4.78 is 16.8. The van der Waals surface area contributed by atoms with E-state index in [1.165, 1.54) is 0 Å². The van der Waals surface area contributed by atoms with Crippen molar-refractivity contribution in [2.75, 3.05) is 14.2 Å². The van der Waals surface area contributed by atoms with E-state index in [-0.39, 0.29) is 0 Å². The molecule has 0 saturated carbocycles. The molecule has 0 aliphatic rings. The fourth-order valence-corrected chi connectivity index (χ4v) is 3.56. The molecule has 6 nitrogen and oxygen atoms in total. The molecule has 3 aromatic rings. The zero-order valence-corrected chi connectivity index (χ0v) is 18.1. The number of carbonyl (C=O) groups is 1. The van der Waals surface area contributed by atoms with E-state index in [2.05, 4.69) is 4.98 Å². The number of methoxy groups -OCH3 is 2. The first-order valence-electron chi connectivity index (χ1n) is 9.68. The first-order chi connectivity index (χ1) is 14.2. The quantitative estimate of drug-likeness (QED) is 0.605. The Hall–Kier alpha value is -3.12. The second-order valence-electron chi connectivity index (χ2n) is 8.02. The molecule has 6 heteroatoms. The molecule has 0 spiro atoms. The van der Waals surface area contributed by atoms with Crippen molar-refractivity contribution < 1.29 is 24.1 Å². The van der Waals surface area contributed by atoms with Crippen LogP contribution in [0.1, 0.15) is 38.1 Å². The number of aliphatic carboxylic acids is 1. The normalized spacial score (nSPS) is 12.6. The highest BCUT2D eigenvalue weighted by molar-refractivity contribution is 5.98. The van der Waals surface area contributed by atoms with Gasteiger partial charge in [0.05, 0.1) is 25.3 Å². The number of pyridine rings is 1. The van der Waals surface area contributed by atoms with Crippen LogP contribution in [0.4, 0.5) is 0 Å². The fourth-order valence-electron chi connectivity index (χ4n) is 3.56. The predicted octanol–water partition coefficient (Wildman–Crippen LogP) is 5.17. The van der Waals surface area contributed by atoms with Gasteiger partial charge in [-0.05, 0) is 57.0 Å². The van der Waals surface area contributed by atoms with Gasteiger partial charge in [0.2, 0.25) is 0 Å². The third kappa shape index (κ3) is 4.24. The lowest BCUT2D eigenvalue weighted by Gasteiger charge is -2.28. The van der Waals surface area contributed by atoms with Gasteiger partial charge in [-0.15, -0.1) is 0 Å². The summed E-state index contributed by atoms with van der Waals surface area (Å²) in [5.74, 6) is 0.0913. The summed E-state index contributed by atoms with van der Waals surface area (Å²) in [4.78, 5) is 16.9. The lowest BCUT2D eigenvalue weighted by Crippen LogP contribution is -2.28. The Morgan fingerprint density at radius 1 is 1.03 bits per heavy atom. The summed E-state index contributed by atoms with van der Waals surface area (Å²) in [7, 11) is 3.15. The van der Waals surface area contributed by atoms with Crippen molar-refractivity contribution in [2.45, 2.75) is 39.4 Å². The second-order valence-corrected chi connectivity index (χ2v) is 8.02. The molecule has 158 valence electrons. The Morgan fingerprint density at radius 3 is 2.30 bits per heavy atom. The highest BCUT2D eigenvalue weighted by Gasteiger charge is 2.32. The molecule has 0 fully saturated rings. The highest BCUT2D eigenvalue weighted by atomic mass is 16.5. The highest BCUT2D eigenvalue weighted by Crippen LogP contribution is 2.41. The molecule has 0 bridgehead atoms. The number of carboxylic acids is 1. The maximum absolute atomic E-state index is 12.3. The van der Waals surface area contributed by atoms with Crippen LogP contribution >= 0.6 is 0 Å². The molecular weight excluding hydrogens is 382 g/mol. The standard InChI is InChI=1S/C24H27NO5/c1-14-20(22(23(26)27)30-24(2,3)4)21(16-9-7-8-10-17(16)25-14)15-11-12-18(28-5)19(13-15)29-6/h7-13,22H,1-6H3,(H,26,27). The summed E-state index contributed by atoms with van der Waals surface area (Å²) in [6.45, 7) is 7.32. The molecule has 0 radical (unpaired) electrons. The molecule has 0 amide bonds. The third-order valence-corrected chi connectivity index (χ3v) is 4.75. The van der Waals surface area contributed by atoms with Crippen molar-refractivity contribution in [2.24, 2.45) is 0 Å². The molecule has 3 rings (SSSR count). The molecule has 0 saturated heterocycles. The number of aromatic nitrogens is 1. The van der Waals surface area contributed by atoms with E-state index in [4.69, 9.17) is 14.2 Å². The van der Waals surface area contributed by atoms with Crippen molar-refractivity contribution in [3.8, 4) is 22.6 Å². The predicted molar refractivity (Wildman–Crippen MR) is 116 cm³/mol. The van der Waals surface area contributed by atoms with Crippen LogP contribution in [-0.4, -0.2) is 35.9 Å². The number of aryl methyl sites for hydroxylation is 1. The number of nitrogens with zero attached hydrogens (tertiary/aromatic N) is 1. The van der Waals surface area contributed by atoms with Gasteiger partial charge < -0.3 is 19.3 Å². The van der Waals surface area contributed by atoms with Gasteiger partial charge in [0.1, 0.15) is 0 Å². The lowest BCUT2D eigenvalue weighted by atomic mass is 9.90. The van der Waals surface area contributed by atoms with E-state index >= 15 is 0 Å². The van der Waals surface area contributed by atoms with Crippen LogP contribution in [0.25, 0.3) is 22.0 Å². The van der Waals surface area contributed by atoms with Gasteiger partial charge in [0, 0.05) is 16.6 Å². The molecule has 30 heavy (non-hydrogen) atoms. The Morgan fingerprint density at radius 2 is 1.70 bits per heavy atom. The Labute approximate surface area is 176 Å². The molecule has 1 atom stereocenters. The number of fused-ring (bicyclic) bond motifs is 1. The van der Waals surface area contributed by atoms with Crippen molar-refractivity contribution in [3.05, 3.63) is 53.7 Å². The minimum Gasteiger partial charge on any atom is -0.493 e. The Kier molecular flexibility index (Phi) is 5.99. The zero-order chi connectivity index (χ0) is 22.1. The van der Waals surface area contributed by atoms with Gasteiger partial charge in [-0.3, -0.25) is 4.98 Å². The van der Waals surface area contributed by atoms with E-state index in [9.17, 15) is 9.90 Å². The van der Waals surface area contributed by atoms with Crippen LogP contribution in [0.15, 0.2) is 42.5 Å². The van der Waals surface area contributed by atoms with Crippen LogP contribution in [-0.2, 0) is 9.53 Å². The molecular formula is C24H27NO5. The van der Waals surface area contributed by atoms with E-state index < -0.39 is 17.7 Å². The number of hydrogen-bond donors (Lipinski definition) is 1. The number of rotatable bonds is 6. The van der Waals surface area contributed by atoms with E-state index in [0.717, 1.165) is 22.0 Å². The molecule has 0 aliphatic heterocycles. The summed E-state index contributed by atoms with van der Waals surface area (Å²) >= 11 is 0. The smallest absolute Gasteiger partial charge is 0.337 e. The van der Waals surface area contributed by atoms with Crippen LogP contribution in [0.2, 0.25) is 0 Å². The SMILES string of the molecule is COc1ccc(-c2c(C(OC(C)(C)C)C(=O)O)c(C)nc3ccccc23)cc1OC. The van der Waals surface area contributed by atoms with Gasteiger partial charge >= 0.3 is 5.97 Å². The first kappa shape index (κ1) is 21.6. The topological polar surface area (TPSA) is 77.9 Å². The minimum absolute atomic E-state index is 0.531. The largest absolute Gasteiger partial charge is 0.493 e. The molecule has 1 N–H and O–H groups in total. The minimum atomic E-state index is -1.18. The number of hydrogen-bond acceptors (Lipinski definition) is 5. The van der Waals surface area contributed by atoms with Crippen LogP contribution in [0.5, 0.6) is 11.5 Å². The lowest BCUT2D eigenvalue weighted by molar-refractivity contribution is -0.160. The average molecular weight is 409 g/mol. The summed E-state index contributed by atoms with van der Waals surface area (Å²) in [6.07, 6.45) is -1.18. The van der Waals surface area contributed by atoms with E-state index in [1.807, 2.05) is 70.2 Å². The monoisotopic (exact) mass is 409 g/mol. The fraction of sp³-hybridized carbons (Fsp3) is 0.333. The van der Waals surface area contributed by atoms with Gasteiger partial charge in [-0.25, -0.2) is 4.79 Å². The van der Waals surface area contributed by atoms with Crippen LogP contribution in [0.3, 0.4) is 0 Å². The number of benzene rings is 2. The van der Waals surface area contributed by atoms with Crippen molar-refractivity contribution in [1.82, 2.24) is 4.98 Å². The summed E-state index contributed by atoms with van der Waals surface area (Å²) in [5, 5.41) is 10.9. The first-order valence-corrected chi connectivity index (χ1v) is 9.68. The molecule has 1 heterocycles. The van der Waals surface area contributed by atoms with Gasteiger partial charge in [0.15, 0.2) is 17.6 Å². The van der Waals surface area contributed by atoms with Crippen molar-refractivity contribution >= 4 is 16.9 Å². The molecule has 2 aromatic carbocycles. The van der Waals surface area contributed by atoms with Gasteiger partial charge in [-0.2, -0.15) is 0 Å². The average Bonchev–Trinajstić information content (AvgIpc) is 2.70. The second kappa shape index (κ2) is 8.32. The van der Waals surface area contributed by atoms with Crippen LogP contribution in [0, 0.1) is 6.92 Å². The number of carboxylic acid groups (broad SMARTS) is 1. The van der Waals surface area contributed by atoms with Crippen LogP contribution < -0.4 is 9.47 Å². The van der Waals surface area contributed by atoms with Crippen molar-refractivity contribution in [1.29, 1.82) is 0 Å². The molecule has 1 aromatic heterocycles. The maximum Gasteiger partial charge on any atom is 0.337 e. The van der Waals surface area contributed by atoms with Gasteiger partial charge in [-0.1, -0.05) is 24.3 Å². The summed E-state index contributed by atoms with van der Waals surface area (Å²) in [6, 6.07) is 13.2. The molecule has 0 aliphatic carbocycles. The zero-order valence-electron chi connectivity index (χ0n) is 18.1. The Bertz CT molecular complexity index is 1080. The Balaban J connectivity index is 2.39. The third-order valence-electron chi connectivity index (χ3n) is 4.75. The molecule has 1 unspecified atom stereocenters.